The summed E-state index contributed by atoms with van der Waals surface area (Å²) in [5.41, 5.74) is 4.39. The summed E-state index contributed by atoms with van der Waals surface area (Å²) in [4.78, 5) is 14.1. The zero-order chi connectivity index (χ0) is 18.8. The number of carbonyl (C=O) groups excluding carboxylic acids is 1. The Bertz CT molecular complexity index is 1090. The van der Waals surface area contributed by atoms with Gasteiger partial charge in [-0.25, -0.2) is 0 Å². The average molecular weight is 435 g/mol. The van der Waals surface area contributed by atoms with Gasteiger partial charge in [-0.15, -0.1) is 11.3 Å². The fourth-order valence-electron chi connectivity index (χ4n) is 3.30. The second-order valence-electron chi connectivity index (χ2n) is 6.59. The molecule has 134 valence electrons. The molecule has 4 rings (SSSR count). The normalized spacial score (nSPS) is 11.0. The minimum atomic E-state index is 0.113. The monoisotopic (exact) mass is 434 g/mol. The largest absolute Gasteiger partial charge is 0.288 e. The topological polar surface area (TPSA) is 17.1 Å². The molecule has 0 fully saturated rings. The van der Waals surface area contributed by atoms with Crippen LogP contribution in [0.15, 0.2) is 77.3 Å². The molecular weight excluding hydrogens is 416 g/mol. The molecule has 0 amide bonds. The predicted octanol–water partition coefficient (Wildman–Crippen LogP) is 7.05. The lowest BCUT2D eigenvalue weighted by atomic mass is 9.97. The Morgan fingerprint density at radius 1 is 0.926 bits per heavy atom. The molecule has 4 aromatic rings. The maximum atomic E-state index is 13.2. The van der Waals surface area contributed by atoms with Crippen LogP contribution in [0.1, 0.15) is 38.8 Å². The van der Waals surface area contributed by atoms with Crippen molar-refractivity contribution in [3.05, 3.63) is 104 Å². The molecule has 1 aromatic heterocycles. The summed E-state index contributed by atoms with van der Waals surface area (Å²) in [5.74, 6) is 0.113. The minimum Gasteiger partial charge on any atom is -0.288 e. The maximum Gasteiger partial charge on any atom is 0.203 e. The van der Waals surface area contributed by atoms with Gasteiger partial charge in [0.15, 0.2) is 0 Å². The lowest BCUT2D eigenvalue weighted by molar-refractivity contribution is 0.104. The van der Waals surface area contributed by atoms with Gasteiger partial charge in [-0.2, -0.15) is 0 Å². The van der Waals surface area contributed by atoms with Gasteiger partial charge in [0.1, 0.15) is 0 Å². The highest BCUT2D eigenvalue weighted by Gasteiger charge is 2.20. The Labute approximate surface area is 171 Å². The van der Waals surface area contributed by atoms with Crippen LogP contribution in [0.4, 0.5) is 0 Å². The number of thiophene rings is 1. The summed E-state index contributed by atoms with van der Waals surface area (Å²) in [5, 5.41) is 1.19. The third kappa shape index (κ3) is 3.76. The highest BCUT2D eigenvalue weighted by molar-refractivity contribution is 9.10. The highest BCUT2D eigenvalue weighted by atomic mass is 79.9. The first-order chi connectivity index (χ1) is 13.2. The predicted molar refractivity (Wildman–Crippen MR) is 118 cm³/mol. The van der Waals surface area contributed by atoms with Crippen molar-refractivity contribution >= 4 is 43.1 Å². The molecule has 0 aliphatic carbocycles. The van der Waals surface area contributed by atoms with Gasteiger partial charge in [-0.1, -0.05) is 77.5 Å². The van der Waals surface area contributed by atoms with Gasteiger partial charge in [-0.05, 0) is 53.1 Å². The first-order valence-corrected chi connectivity index (χ1v) is 10.6. The van der Waals surface area contributed by atoms with Crippen molar-refractivity contribution in [2.75, 3.05) is 0 Å². The van der Waals surface area contributed by atoms with Gasteiger partial charge in [0.2, 0.25) is 5.78 Å². The molecule has 0 aliphatic heterocycles. The van der Waals surface area contributed by atoms with Gasteiger partial charge in [0, 0.05) is 14.7 Å². The Hall–Kier alpha value is -2.23. The lowest BCUT2D eigenvalue weighted by Crippen LogP contribution is -2.02. The first kappa shape index (κ1) is 18.1. The Balaban J connectivity index is 1.85. The Morgan fingerprint density at radius 2 is 1.63 bits per heavy atom. The van der Waals surface area contributed by atoms with Crippen LogP contribution in [0.3, 0.4) is 0 Å². The van der Waals surface area contributed by atoms with E-state index in [0.29, 0.717) is 0 Å². The first-order valence-electron chi connectivity index (χ1n) is 9.04. The summed E-state index contributed by atoms with van der Waals surface area (Å²) in [7, 11) is 0. The van der Waals surface area contributed by atoms with Crippen molar-refractivity contribution in [3.63, 3.8) is 0 Å². The number of benzene rings is 3. The molecule has 0 atom stereocenters. The fourth-order valence-corrected chi connectivity index (χ4v) is 4.81. The van der Waals surface area contributed by atoms with Crippen molar-refractivity contribution in [2.24, 2.45) is 0 Å². The van der Waals surface area contributed by atoms with Crippen LogP contribution < -0.4 is 0 Å². The summed E-state index contributed by atoms with van der Waals surface area (Å²) in [6, 6.07) is 24.5. The quantitative estimate of drug-likeness (QED) is 0.307. The van der Waals surface area contributed by atoms with Gasteiger partial charge >= 0.3 is 0 Å². The van der Waals surface area contributed by atoms with Gasteiger partial charge in [0.05, 0.1) is 4.88 Å². The van der Waals surface area contributed by atoms with Crippen molar-refractivity contribution in [3.8, 4) is 0 Å². The van der Waals surface area contributed by atoms with E-state index in [2.05, 4.69) is 65.3 Å². The number of carbonyl (C=O) groups is 1. The number of halogens is 1. The van der Waals surface area contributed by atoms with E-state index in [-0.39, 0.29) is 5.78 Å². The smallest absolute Gasteiger partial charge is 0.203 e. The van der Waals surface area contributed by atoms with E-state index < -0.39 is 0 Å². The third-order valence-electron chi connectivity index (χ3n) is 4.80. The summed E-state index contributed by atoms with van der Waals surface area (Å²) < 4.78 is 2.26. The standard InChI is InChI=1S/C24H19BrOS/c1-2-16-10-13-20-21(14-17-8-11-19(25)12-9-17)24(27-22(20)15-16)23(26)18-6-4-3-5-7-18/h3-13,15H,2,14H2,1H3. The molecule has 1 heterocycles. The van der Waals surface area contributed by atoms with E-state index in [4.69, 9.17) is 0 Å². The maximum absolute atomic E-state index is 13.2. The molecular formula is C24H19BrOS. The summed E-state index contributed by atoms with van der Waals surface area (Å²) in [6.07, 6.45) is 1.75. The third-order valence-corrected chi connectivity index (χ3v) is 6.52. The van der Waals surface area contributed by atoms with Crippen molar-refractivity contribution in [2.45, 2.75) is 19.8 Å². The van der Waals surface area contributed by atoms with E-state index >= 15 is 0 Å². The SMILES string of the molecule is CCc1ccc2c(Cc3ccc(Br)cc3)c(C(=O)c3ccccc3)sc2c1. The average Bonchev–Trinajstić information content (AvgIpc) is 3.07. The number of aryl methyl sites for hydroxylation is 1. The number of fused-ring (bicyclic) bond motifs is 1. The van der Waals surface area contributed by atoms with E-state index in [1.54, 1.807) is 11.3 Å². The van der Waals surface area contributed by atoms with Gasteiger partial charge in [-0.3, -0.25) is 4.79 Å². The van der Waals surface area contributed by atoms with Crippen LogP contribution in [0.25, 0.3) is 10.1 Å². The Morgan fingerprint density at radius 3 is 2.33 bits per heavy atom. The van der Waals surface area contributed by atoms with E-state index in [1.807, 2.05) is 30.3 Å². The summed E-state index contributed by atoms with van der Waals surface area (Å²) in [6.45, 7) is 2.16. The highest BCUT2D eigenvalue weighted by Crippen LogP contribution is 2.35. The van der Waals surface area contributed by atoms with Crippen molar-refractivity contribution in [1.82, 2.24) is 0 Å². The molecule has 0 unspecified atom stereocenters. The van der Waals surface area contributed by atoms with Crippen LogP contribution in [-0.2, 0) is 12.8 Å². The van der Waals surface area contributed by atoms with Crippen LogP contribution in [-0.4, -0.2) is 5.78 Å². The fraction of sp³-hybridized carbons (Fsp3) is 0.125. The number of ketones is 1. The van der Waals surface area contributed by atoms with E-state index in [1.165, 1.54) is 21.2 Å². The molecule has 1 nitrogen and oxygen atoms in total. The molecule has 0 aliphatic rings. The second-order valence-corrected chi connectivity index (χ2v) is 8.56. The zero-order valence-corrected chi connectivity index (χ0v) is 17.4. The molecule has 3 heteroatoms. The number of hydrogen-bond donors (Lipinski definition) is 0. The molecule has 0 N–H and O–H groups in total. The van der Waals surface area contributed by atoms with Crippen molar-refractivity contribution < 1.29 is 4.79 Å². The van der Waals surface area contributed by atoms with Crippen LogP contribution >= 0.6 is 27.3 Å². The molecule has 0 saturated carbocycles. The zero-order valence-electron chi connectivity index (χ0n) is 15.0. The molecule has 27 heavy (non-hydrogen) atoms. The van der Waals surface area contributed by atoms with Gasteiger partial charge < -0.3 is 0 Å². The van der Waals surface area contributed by atoms with E-state index in [9.17, 15) is 4.79 Å². The molecule has 3 aromatic carbocycles. The molecule has 0 spiro atoms. The second kappa shape index (κ2) is 7.79. The molecule has 0 radical (unpaired) electrons. The summed E-state index contributed by atoms with van der Waals surface area (Å²) >= 11 is 5.12. The number of rotatable bonds is 5. The van der Waals surface area contributed by atoms with Crippen LogP contribution in [0, 0.1) is 0 Å². The number of hydrogen-bond acceptors (Lipinski definition) is 2. The van der Waals surface area contributed by atoms with Crippen LogP contribution in [0.5, 0.6) is 0 Å². The molecule has 0 bridgehead atoms. The lowest BCUT2D eigenvalue weighted by Gasteiger charge is -2.06. The minimum absolute atomic E-state index is 0.113. The molecule has 0 saturated heterocycles. The van der Waals surface area contributed by atoms with Crippen molar-refractivity contribution in [1.29, 1.82) is 0 Å². The van der Waals surface area contributed by atoms with Crippen LogP contribution in [0.2, 0.25) is 0 Å². The Kier molecular flexibility index (Phi) is 5.24. The van der Waals surface area contributed by atoms with Gasteiger partial charge in [0.25, 0.3) is 0 Å². The van der Waals surface area contributed by atoms with E-state index in [0.717, 1.165) is 33.3 Å².